The van der Waals surface area contributed by atoms with Crippen LogP contribution < -0.4 is 19.3 Å². The Morgan fingerprint density at radius 3 is 2.36 bits per heavy atom. The third-order valence-electron chi connectivity index (χ3n) is 3.74. The number of hydrogen-bond donors (Lipinski definition) is 2. The molecule has 3 rings (SSSR count). The number of imidazole rings is 1. The zero-order valence-electron chi connectivity index (χ0n) is 13.8. The van der Waals surface area contributed by atoms with Crippen LogP contribution in [0.25, 0.3) is 16.7 Å². The van der Waals surface area contributed by atoms with E-state index in [0.717, 1.165) is 22.3 Å². The highest BCUT2D eigenvalue weighted by Gasteiger charge is 2.11. The number of rotatable bonds is 6. The standard InChI is InChI=1S/C16H18N4O4S/c1-23-15-7-13-14(8-16(15)24-2)20(10-18-13)12-5-3-11(4-6-12)9-19-25(17,21)22/h3-8,10,19H,9H2,1-2H3,(H2,17,21,22). The van der Waals surface area contributed by atoms with Gasteiger partial charge in [0.1, 0.15) is 6.33 Å². The van der Waals surface area contributed by atoms with Gasteiger partial charge in [0.15, 0.2) is 11.5 Å². The van der Waals surface area contributed by atoms with Gasteiger partial charge in [-0.15, -0.1) is 0 Å². The normalized spacial score (nSPS) is 11.6. The van der Waals surface area contributed by atoms with Gasteiger partial charge < -0.3 is 9.47 Å². The van der Waals surface area contributed by atoms with E-state index in [1.807, 2.05) is 41.0 Å². The lowest BCUT2D eigenvalue weighted by molar-refractivity contribution is 0.355. The van der Waals surface area contributed by atoms with E-state index in [1.54, 1.807) is 20.5 Å². The molecule has 1 heterocycles. The van der Waals surface area contributed by atoms with E-state index in [-0.39, 0.29) is 6.54 Å². The molecule has 0 aliphatic heterocycles. The molecule has 0 aliphatic rings. The van der Waals surface area contributed by atoms with Crippen molar-refractivity contribution >= 4 is 21.2 Å². The van der Waals surface area contributed by atoms with Gasteiger partial charge in [0, 0.05) is 24.4 Å². The minimum atomic E-state index is -3.71. The smallest absolute Gasteiger partial charge is 0.274 e. The summed E-state index contributed by atoms with van der Waals surface area (Å²) in [5.41, 5.74) is 3.32. The average Bonchev–Trinajstić information content (AvgIpc) is 3.01. The Kier molecular flexibility index (Phi) is 4.62. The highest BCUT2D eigenvalue weighted by molar-refractivity contribution is 7.87. The largest absolute Gasteiger partial charge is 0.493 e. The molecule has 1 aromatic heterocycles. The molecule has 0 spiro atoms. The Bertz CT molecular complexity index is 997. The molecule has 2 aromatic carbocycles. The predicted molar refractivity (Wildman–Crippen MR) is 94.1 cm³/mol. The molecule has 0 bridgehead atoms. The SMILES string of the molecule is COc1cc2ncn(-c3ccc(CNS(N)(=O)=O)cc3)c2cc1OC. The van der Waals surface area contributed by atoms with Gasteiger partial charge in [-0.05, 0) is 17.7 Å². The van der Waals surface area contributed by atoms with Crippen LogP contribution >= 0.6 is 0 Å². The molecule has 0 unspecified atom stereocenters. The molecular formula is C16H18N4O4S. The molecule has 25 heavy (non-hydrogen) atoms. The van der Waals surface area contributed by atoms with Crippen LogP contribution in [-0.2, 0) is 16.8 Å². The summed E-state index contributed by atoms with van der Waals surface area (Å²) in [6, 6.07) is 11.1. The van der Waals surface area contributed by atoms with E-state index in [2.05, 4.69) is 9.71 Å². The van der Waals surface area contributed by atoms with Crippen LogP contribution in [0.1, 0.15) is 5.56 Å². The zero-order chi connectivity index (χ0) is 18.0. The maximum atomic E-state index is 10.9. The summed E-state index contributed by atoms with van der Waals surface area (Å²) in [5, 5.41) is 4.93. The van der Waals surface area contributed by atoms with E-state index in [9.17, 15) is 8.42 Å². The van der Waals surface area contributed by atoms with Crippen molar-refractivity contribution in [2.24, 2.45) is 5.14 Å². The van der Waals surface area contributed by atoms with E-state index >= 15 is 0 Å². The molecule has 132 valence electrons. The number of nitrogens with two attached hydrogens (primary N) is 1. The molecule has 0 fully saturated rings. The van der Waals surface area contributed by atoms with Crippen LogP contribution in [0.4, 0.5) is 0 Å². The van der Waals surface area contributed by atoms with Crippen molar-refractivity contribution in [2.45, 2.75) is 6.54 Å². The minimum Gasteiger partial charge on any atom is -0.493 e. The molecule has 0 saturated carbocycles. The van der Waals surface area contributed by atoms with E-state index in [1.165, 1.54) is 0 Å². The predicted octanol–water partition coefficient (Wildman–Crippen LogP) is 1.34. The quantitative estimate of drug-likeness (QED) is 0.688. The fourth-order valence-corrected chi connectivity index (χ4v) is 2.87. The van der Waals surface area contributed by atoms with Crippen molar-refractivity contribution in [1.82, 2.24) is 14.3 Å². The van der Waals surface area contributed by atoms with Crippen molar-refractivity contribution in [3.63, 3.8) is 0 Å². The van der Waals surface area contributed by atoms with Crippen LogP contribution in [0.3, 0.4) is 0 Å². The molecule has 0 radical (unpaired) electrons. The van der Waals surface area contributed by atoms with Crippen molar-refractivity contribution in [3.8, 4) is 17.2 Å². The molecule has 3 N–H and O–H groups in total. The Morgan fingerprint density at radius 1 is 1.12 bits per heavy atom. The molecule has 0 amide bonds. The monoisotopic (exact) mass is 362 g/mol. The second kappa shape index (κ2) is 6.71. The van der Waals surface area contributed by atoms with Gasteiger partial charge in [-0.1, -0.05) is 12.1 Å². The molecule has 0 aliphatic carbocycles. The third-order valence-corrected chi connectivity index (χ3v) is 4.29. The fraction of sp³-hybridized carbons (Fsp3) is 0.188. The number of fused-ring (bicyclic) bond motifs is 1. The Morgan fingerprint density at radius 2 is 1.76 bits per heavy atom. The molecule has 0 atom stereocenters. The Hall–Kier alpha value is -2.62. The second-order valence-electron chi connectivity index (χ2n) is 5.34. The second-order valence-corrected chi connectivity index (χ2v) is 6.72. The van der Waals surface area contributed by atoms with Crippen LogP contribution in [0.15, 0.2) is 42.7 Å². The Labute approximate surface area is 145 Å². The van der Waals surface area contributed by atoms with Crippen molar-refractivity contribution < 1.29 is 17.9 Å². The summed E-state index contributed by atoms with van der Waals surface area (Å²) in [4.78, 5) is 4.39. The number of nitrogens with zero attached hydrogens (tertiary/aromatic N) is 2. The minimum absolute atomic E-state index is 0.134. The van der Waals surface area contributed by atoms with Crippen molar-refractivity contribution in [2.75, 3.05) is 14.2 Å². The van der Waals surface area contributed by atoms with Gasteiger partial charge in [-0.25, -0.2) is 10.1 Å². The summed E-state index contributed by atoms with van der Waals surface area (Å²) in [6.45, 7) is 0.134. The van der Waals surface area contributed by atoms with E-state index < -0.39 is 10.2 Å². The lowest BCUT2D eigenvalue weighted by Gasteiger charge is -2.10. The van der Waals surface area contributed by atoms with E-state index in [0.29, 0.717) is 11.5 Å². The number of nitrogens with one attached hydrogen (secondary N) is 1. The first kappa shape index (κ1) is 17.2. The maximum absolute atomic E-state index is 10.9. The van der Waals surface area contributed by atoms with Crippen molar-refractivity contribution in [3.05, 3.63) is 48.3 Å². The summed E-state index contributed by atoms with van der Waals surface area (Å²) in [6.07, 6.45) is 1.71. The molecule has 9 heteroatoms. The van der Waals surface area contributed by atoms with Gasteiger partial charge in [-0.2, -0.15) is 13.1 Å². The van der Waals surface area contributed by atoms with Crippen molar-refractivity contribution in [1.29, 1.82) is 0 Å². The first-order chi connectivity index (χ1) is 11.9. The lowest BCUT2D eigenvalue weighted by atomic mass is 10.2. The van der Waals surface area contributed by atoms with Gasteiger partial charge in [0.25, 0.3) is 10.2 Å². The van der Waals surface area contributed by atoms with Crippen LogP contribution in [0.5, 0.6) is 11.5 Å². The Balaban J connectivity index is 1.94. The van der Waals surface area contributed by atoms with Gasteiger partial charge >= 0.3 is 0 Å². The number of methoxy groups -OCH3 is 2. The highest BCUT2D eigenvalue weighted by atomic mass is 32.2. The van der Waals surface area contributed by atoms with Crippen LogP contribution in [-0.4, -0.2) is 32.2 Å². The summed E-state index contributed by atoms with van der Waals surface area (Å²) < 4.78 is 36.7. The fourth-order valence-electron chi connectivity index (χ4n) is 2.50. The number of ether oxygens (including phenoxy) is 2. The van der Waals surface area contributed by atoms with Gasteiger partial charge in [0.05, 0.1) is 25.3 Å². The van der Waals surface area contributed by atoms with E-state index in [4.69, 9.17) is 14.6 Å². The maximum Gasteiger partial charge on any atom is 0.274 e. The summed E-state index contributed by atoms with van der Waals surface area (Å²) in [5.74, 6) is 1.23. The molecule has 0 saturated heterocycles. The lowest BCUT2D eigenvalue weighted by Crippen LogP contribution is -2.30. The number of aromatic nitrogens is 2. The van der Waals surface area contributed by atoms with Crippen LogP contribution in [0.2, 0.25) is 0 Å². The average molecular weight is 362 g/mol. The first-order valence-electron chi connectivity index (χ1n) is 7.37. The number of hydrogen-bond acceptors (Lipinski definition) is 5. The summed E-state index contributed by atoms with van der Waals surface area (Å²) in [7, 11) is -0.550. The third kappa shape index (κ3) is 3.73. The van der Waals surface area contributed by atoms with Gasteiger partial charge in [-0.3, -0.25) is 4.57 Å². The first-order valence-corrected chi connectivity index (χ1v) is 8.91. The van der Waals surface area contributed by atoms with Crippen LogP contribution in [0, 0.1) is 0 Å². The molecular weight excluding hydrogens is 344 g/mol. The summed E-state index contributed by atoms with van der Waals surface area (Å²) >= 11 is 0. The zero-order valence-corrected chi connectivity index (χ0v) is 14.6. The molecule has 8 nitrogen and oxygen atoms in total. The number of benzene rings is 2. The topological polar surface area (TPSA) is 108 Å². The van der Waals surface area contributed by atoms with Gasteiger partial charge in [0.2, 0.25) is 0 Å². The molecule has 3 aromatic rings. The highest BCUT2D eigenvalue weighted by Crippen LogP contribution is 2.32.